The van der Waals surface area contributed by atoms with Crippen LogP contribution in [-0.2, 0) is 9.53 Å². The van der Waals surface area contributed by atoms with Crippen LogP contribution in [-0.4, -0.2) is 48.3 Å². The topological polar surface area (TPSA) is 49.8 Å². The van der Waals surface area contributed by atoms with E-state index in [-0.39, 0.29) is 12.5 Å². The van der Waals surface area contributed by atoms with Gasteiger partial charge in [0.05, 0.1) is 6.42 Å². The van der Waals surface area contributed by atoms with E-state index in [1.165, 1.54) is 0 Å². The smallest absolute Gasteiger partial charge is 0.304 e. The molecule has 1 saturated heterocycles. The van der Waals surface area contributed by atoms with Gasteiger partial charge in [-0.15, -0.1) is 0 Å². The highest BCUT2D eigenvalue weighted by molar-refractivity contribution is 5.67. The average molecular weight is 229 g/mol. The number of carbonyl (C=O) groups is 1. The zero-order chi connectivity index (χ0) is 12.0. The Morgan fingerprint density at radius 3 is 2.38 bits per heavy atom. The van der Waals surface area contributed by atoms with Gasteiger partial charge in [0.1, 0.15) is 0 Å². The monoisotopic (exact) mass is 229 g/mol. The van der Waals surface area contributed by atoms with Crippen molar-refractivity contribution in [1.29, 1.82) is 0 Å². The van der Waals surface area contributed by atoms with E-state index < -0.39 is 5.97 Å². The standard InChI is InChI=1S/C12H23NO3/c1-3-13(4-2)11(9-12(14)15)10-5-7-16-8-6-10/h10-11H,3-9H2,1-2H3,(H,14,15). The van der Waals surface area contributed by atoms with Crippen LogP contribution in [0.3, 0.4) is 0 Å². The molecule has 0 aliphatic carbocycles. The maximum absolute atomic E-state index is 10.9. The summed E-state index contributed by atoms with van der Waals surface area (Å²) in [7, 11) is 0. The molecule has 0 radical (unpaired) electrons. The highest BCUT2D eigenvalue weighted by Gasteiger charge is 2.29. The molecule has 0 saturated carbocycles. The van der Waals surface area contributed by atoms with Crippen LogP contribution in [0.5, 0.6) is 0 Å². The SMILES string of the molecule is CCN(CC)C(CC(=O)O)C1CCOCC1. The second-order valence-corrected chi connectivity index (χ2v) is 4.34. The minimum absolute atomic E-state index is 0.177. The molecule has 1 unspecified atom stereocenters. The van der Waals surface area contributed by atoms with Crippen molar-refractivity contribution in [3.63, 3.8) is 0 Å². The maximum Gasteiger partial charge on any atom is 0.304 e. The van der Waals surface area contributed by atoms with Crippen molar-refractivity contribution in [3.8, 4) is 0 Å². The van der Waals surface area contributed by atoms with Crippen LogP contribution in [0.4, 0.5) is 0 Å². The third-order valence-corrected chi connectivity index (χ3v) is 3.48. The van der Waals surface area contributed by atoms with E-state index in [0.717, 1.165) is 39.1 Å². The first kappa shape index (κ1) is 13.5. The van der Waals surface area contributed by atoms with E-state index >= 15 is 0 Å². The van der Waals surface area contributed by atoms with Crippen molar-refractivity contribution < 1.29 is 14.6 Å². The Morgan fingerprint density at radius 2 is 1.94 bits per heavy atom. The molecule has 0 aromatic heterocycles. The maximum atomic E-state index is 10.9. The first-order valence-electron chi connectivity index (χ1n) is 6.22. The first-order valence-corrected chi connectivity index (χ1v) is 6.22. The molecule has 0 aromatic rings. The van der Waals surface area contributed by atoms with Gasteiger partial charge in [-0.1, -0.05) is 13.8 Å². The van der Waals surface area contributed by atoms with Gasteiger partial charge in [0.2, 0.25) is 0 Å². The van der Waals surface area contributed by atoms with E-state index in [1.54, 1.807) is 0 Å². The molecular weight excluding hydrogens is 206 g/mol. The van der Waals surface area contributed by atoms with Gasteiger partial charge in [-0.2, -0.15) is 0 Å². The number of nitrogens with zero attached hydrogens (tertiary/aromatic N) is 1. The molecule has 0 aromatic carbocycles. The molecule has 0 bridgehead atoms. The van der Waals surface area contributed by atoms with Gasteiger partial charge in [-0.05, 0) is 31.8 Å². The van der Waals surface area contributed by atoms with E-state index in [2.05, 4.69) is 18.7 Å². The molecule has 94 valence electrons. The van der Waals surface area contributed by atoms with Gasteiger partial charge >= 0.3 is 5.97 Å². The number of ether oxygens (including phenoxy) is 1. The summed E-state index contributed by atoms with van der Waals surface area (Å²) < 4.78 is 5.34. The Bertz CT molecular complexity index is 210. The van der Waals surface area contributed by atoms with Crippen LogP contribution in [0.15, 0.2) is 0 Å². The van der Waals surface area contributed by atoms with Crippen molar-refractivity contribution in [2.24, 2.45) is 5.92 Å². The van der Waals surface area contributed by atoms with Crippen LogP contribution in [0.25, 0.3) is 0 Å². The van der Waals surface area contributed by atoms with Crippen molar-refractivity contribution >= 4 is 5.97 Å². The van der Waals surface area contributed by atoms with Crippen LogP contribution in [0, 0.1) is 5.92 Å². The van der Waals surface area contributed by atoms with E-state index in [1.807, 2.05) is 0 Å². The average Bonchev–Trinajstić information content (AvgIpc) is 2.30. The summed E-state index contributed by atoms with van der Waals surface area (Å²) in [6.45, 7) is 7.59. The van der Waals surface area contributed by atoms with Gasteiger partial charge in [0.25, 0.3) is 0 Å². The Kier molecular flexibility index (Phi) is 5.77. The highest BCUT2D eigenvalue weighted by Crippen LogP contribution is 2.25. The molecule has 1 heterocycles. The summed E-state index contributed by atoms with van der Waals surface area (Å²) in [6.07, 6.45) is 2.25. The Balaban J connectivity index is 2.63. The molecule has 1 fully saturated rings. The molecule has 16 heavy (non-hydrogen) atoms. The van der Waals surface area contributed by atoms with Gasteiger partial charge in [0, 0.05) is 19.3 Å². The van der Waals surface area contributed by atoms with Gasteiger partial charge in [0.15, 0.2) is 0 Å². The van der Waals surface area contributed by atoms with Crippen molar-refractivity contribution in [1.82, 2.24) is 4.90 Å². The summed E-state index contributed by atoms with van der Waals surface area (Å²) in [4.78, 5) is 13.2. The van der Waals surface area contributed by atoms with Gasteiger partial charge < -0.3 is 14.7 Å². The van der Waals surface area contributed by atoms with Gasteiger partial charge in [-0.25, -0.2) is 0 Å². The number of carboxylic acid groups (broad SMARTS) is 1. The number of carboxylic acids is 1. The molecule has 1 atom stereocenters. The van der Waals surface area contributed by atoms with Crippen LogP contribution < -0.4 is 0 Å². The number of hydrogen-bond acceptors (Lipinski definition) is 3. The largest absolute Gasteiger partial charge is 0.481 e. The molecule has 4 nitrogen and oxygen atoms in total. The molecule has 1 N–H and O–H groups in total. The van der Waals surface area contributed by atoms with Crippen LogP contribution >= 0.6 is 0 Å². The fourth-order valence-electron chi connectivity index (χ4n) is 2.57. The van der Waals surface area contributed by atoms with Crippen LogP contribution in [0.1, 0.15) is 33.1 Å². The number of aliphatic carboxylic acids is 1. The fraction of sp³-hybridized carbons (Fsp3) is 0.917. The summed E-state index contributed by atoms with van der Waals surface area (Å²) >= 11 is 0. The van der Waals surface area contributed by atoms with Crippen molar-refractivity contribution in [3.05, 3.63) is 0 Å². The molecular formula is C12H23NO3. The lowest BCUT2D eigenvalue weighted by molar-refractivity contribution is -0.139. The quantitative estimate of drug-likeness (QED) is 0.751. The van der Waals surface area contributed by atoms with Crippen molar-refractivity contribution in [2.75, 3.05) is 26.3 Å². The molecule has 0 spiro atoms. The number of rotatable bonds is 6. The lowest BCUT2D eigenvalue weighted by Crippen LogP contribution is -2.43. The summed E-state index contributed by atoms with van der Waals surface area (Å²) in [5.74, 6) is -0.215. The summed E-state index contributed by atoms with van der Waals surface area (Å²) in [5.41, 5.74) is 0. The van der Waals surface area contributed by atoms with Crippen LogP contribution in [0.2, 0.25) is 0 Å². The predicted octanol–water partition coefficient (Wildman–Crippen LogP) is 1.60. The van der Waals surface area contributed by atoms with E-state index in [4.69, 9.17) is 9.84 Å². The molecule has 0 amide bonds. The lowest BCUT2D eigenvalue weighted by atomic mass is 9.88. The first-order chi connectivity index (χ1) is 7.69. The summed E-state index contributed by atoms with van der Waals surface area (Å²) in [5, 5.41) is 9.00. The predicted molar refractivity (Wildman–Crippen MR) is 62.5 cm³/mol. The normalized spacial score (nSPS) is 19.9. The third kappa shape index (κ3) is 3.76. The molecule has 1 aliphatic rings. The second kappa shape index (κ2) is 6.86. The molecule has 1 aliphatic heterocycles. The fourth-order valence-corrected chi connectivity index (χ4v) is 2.57. The van der Waals surface area contributed by atoms with E-state index in [0.29, 0.717) is 5.92 Å². The highest BCUT2D eigenvalue weighted by atomic mass is 16.5. The zero-order valence-corrected chi connectivity index (χ0v) is 10.3. The number of hydrogen-bond donors (Lipinski definition) is 1. The zero-order valence-electron chi connectivity index (χ0n) is 10.3. The Hall–Kier alpha value is -0.610. The third-order valence-electron chi connectivity index (χ3n) is 3.48. The van der Waals surface area contributed by atoms with E-state index in [9.17, 15) is 4.79 Å². The Morgan fingerprint density at radius 1 is 1.38 bits per heavy atom. The second-order valence-electron chi connectivity index (χ2n) is 4.34. The molecule has 4 heteroatoms. The summed E-state index contributed by atoms with van der Waals surface area (Å²) in [6, 6.07) is 0.177. The molecule has 1 rings (SSSR count). The minimum Gasteiger partial charge on any atom is -0.481 e. The minimum atomic E-state index is -0.691. The lowest BCUT2D eigenvalue weighted by Gasteiger charge is -2.37. The van der Waals surface area contributed by atoms with Crippen molar-refractivity contribution in [2.45, 2.75) is 39.2 Å². The Labute approximate surface area is 97.6 Å². The van der Waals surface area contributed by atoms with Gasteiger partial charge in [-0.3, -0.25) is 4.79 Å².